The number of hydrogen-bond acceptors (Lipinski definition) is 2. The fourth-order valence-corrected chi connectivity index (χ4v) is 3.51. The Hall–Kier alpha value is -1.93. The molecular weight excluding hydrogens is 286 g/mol. The summed E-state index contributed by atoms with van der Waals surface area (Å²) in [6, 6.07) is 21.2. The fraction of sp³-hybridized carbons (Fsp3) is 0.200. The minimum absolute atomic E-state index is 1.13. The monoisotopic (exact) mass is 307 g/mol. The van der Waals surface area contributed by atoms with Crippen LogP contribution in [0, 0.1) is 0 Å². The Kier molecular flexibility index (Phi) is 5.38. The van der Waals surface area contributed by atoms with Crippen molar-refractivity contribution in [3.05, 3.63) is 83.9 Å². The van der Waals surface area contributed by atoms with Gasteiger partial charge in [-0.25, -0.2) is 0 Å². The third-order valence-electron chi connectivity index (χ3n) is 3.76. The van der Waals surface area contributed by atoms with Crippen LogP contribution >= 0.6 is 11.8 Å². The van der Waals surface area contributed by atoms with Crippen molar-refractivity contribution >= 4 is 23.5 Å². The van der Waals surface area contributed by atoms with Crippen LogP contribution in [-0.4, -0.2) is 29.5 Å². The van der Waals surface area contributed by atoms with Gasteiger partial charge in [0.2, 0.25) is 0 Å². The summed E-state index contributed by atoms with van der Waals surface area (Å²) >= 11 is 2.05. The summed E-state index contributed by atoms with van der Waals surface area (Å²) in [7, 11) is 0. The van der Waals surface area contributed by atoms with Gasteiger partial charge in [0, 0.05) is 30.3 Å². The lowest BCUT2D eigenvalue weighted by atomic mass is 10.1. The van der Waals surface area contributed by atoms with Gasteiger partial charge in [-0.05, 0) is 17.2 Å². The van der Waals surface area contributed by atoms with Crippen molar-refractivity contribution in [2.24, 2.45) is 0 Å². The van der Waals surface area contributed by atoms with E-state index in [4.69, 9.17) is 0 Å². The van der Waals surface area contributed by atoms with Crippen LogP contribution in [0.2, 0.25) is 0 Å². The van der Waals surface area contributed by atoms with Gasteiger partial charge in [-0.1, -0.05) is 72.8 Å². The van der Waals surface area contributed by atoms with Gasteiger partial charge < -0.3 is 4.90 Å². The van der Waals surface area contributed by atoms with Crippen LogP contribution in [0.1, 0.15) is 11.1 Å². The highest BCUT2D eigenvalue weighted by Gasteiger charge is 2.14. The van der Waals surface area contributed by atoms with E-state index in [2.05, 4.69) is 77.7 Å². The number of nitrogens with zero attached hydrogens (tertiary/aromatic N) is 1. The molecule has 0 radical (unpaired) electrons. The molecule has 1 aliphatic heterocycles. The first-order chi connectivity index (χ1) is 10.9. The lowest BCUT2D eigenvalue weighted by Crippen LogP contribution is -2.31. The Balaban J connectivity index is 1.84. The van der Waals surface area contributed by atoms with Gasteiger partial charge in [0.25, 0.3) is 0 Å². The molecule has 1 nitrogen and oxygen atoms in total. The average molecular weight is 307 g/mol. The largest absolute Gasteiger partial charge is 0.369 e. The lowest BCUT2D eigenvalue weighted by Gasteiger charge is -2.31. The zero-order valence-electron chi connectivity index (χ0n) is 12.7. The van der Waals surface area contributed by atoms with Gasteiger partial charge in [0.1, 0.15) is 0 Å². The minimum Gasteiger partial charge on any atom is -0.369 e. The second kappa shape index (κ2) is 7.90. The first-order valence-electron chi connectivity index (χ1n) is 7.75. The van der Waals surface area contributed by atoms with E-state index in [1.54, 1.807) is 0 Å². The zero-order valence-corrected chi connectivity index (χ0v) is 13.5. The van der Waals surface area contributed by atoms with E-state index in [0.717, 1.165) is 13.1 Å². The molecule has 0 amide bonds. The van der Waals surface area contributed by atoms with Crippen molar-refractivity contribution in [2.45, 2.75) is 0 Å². The van der Waals surface area contributed by atoms with Gasteiger partial charge in [0.05, 0.1) is 0 Å². The number of benzene rings is 2. The molecule has 0 bridgehead atoms. The van der Waals surface area contributed by atoms with Crippen molar-refractivity contribution in [3.63, 3.8) is 0 Å². The van der Waals surface area contributed by atoms with E-state index >= 15 is 0 Å². The number of hydrogen-bond donors (Lipinski definition) is 0. The molecule has 0 saturated carbocycles. The molecule has 1 saturated heterocycles. The summed E-state index contributed by atoms with van der Waals surface area (Å²) < 4.78 is 0. The average Bonchev–Trinajstić information content (AvgIpc) is 2.61. The zero-order chi connectivity index (χ0) is 15.0. The number of allylic oxidation sites excluding steroid dienone is 2. The third kappa shape index (κ3) is 4.05. The Morgan fingerprint density at radius 3 is 2.18 bits per heavy atom. The van der Waals surface area contributed by atoms with E-state index in [1.165, 1.54) is 28.3 Å². The minimum atomic E-state index is 1.13. The predicted molar refractivity (Wildman–Crippen MR) is 98.8 cm³/mol. The lowest BCUT2D eigenvalue weighted by molar-refractivity contribution is 0.439. The number of thioether (sulfide) groups is 1. The Labute approximate surface area is 137 Å². The molecule has 0 aromatic heterocycles. The van der Waals surface area contributed by atoms with E-state index in [0.29, 0.717) is 0 Å². The van der Waals surface area contributed by atoms with Crippen LogP contribution in [0.15, 0.2) is 72.8 Å². The first kappa shape index (κ1) is 15.0. The van der Waals surface area contributed by atoms with Gasteiger partial charge in [0.15, 0.2) is 0 Å². The van der Waals surface area contributed by atoms with E-state index in [-0.39, 0.29) is 0 Å². The van der Waals surface area contributed by atoms with Gasteiger partial charge in [-0.3, -0.25) is 0 Å². The maximum absolute atomic E-state index is 2.50. The summed E-state index contributed by atoms with van der Waals surface area (Å²) in [6.07, 6.45) is 6.58. The second-order valence-electron chi connectivity index (χ2n) is 5.29. The standard InChI is InChI=1S/C20H21NS/c1-3-8-18(9-4-1)10-7-13-20(19-11-5-2-6-12-19)21-14-16-22-17-15-21/h1-13H,14-17H2/b10-7+,20-13+. The van der Waals surface area contributed by atoms with Crippen molar-refractivity contribution in [2.75, 3.05) is 24.6 Å². The Morgan fingerprint density at radius 1 is 0.864 bits per heavy atom. The number of rotatable bonds is 4. The highest BCUT2D eigenvalue weighted by Crippen LogP contribution is 2.23. The Bertz CT molecular complexity index is 625. The predicted octanol–water partition coefficient (Wildman–Crippen LogP) is 4.79. The van der Waals surface area contributed by atoms with Crippen LogP contribution < -0.4 is 0 Å². The van der Waals surface area contributed by atoms with E-state index in [9.17, 15) is 0 Å². The van der Waals surface area contributed by atoms with Crippen molar-refractivity contribution in [3.8, 4) is 0 Å². The molecule has 112 valence electrons. The third-order valence-corrected chi connectivity index (χ3v) is 4.71. The van der Waals surface area contributed by atoms with Gasteiger partial charge >= 0.3 is 0 Å². The van der Waals surface area contributed by atoms with Crippen LogP contribution in [0.5, 0.6) is 0 Å². The maximum atomic E-state index is 2.50. The maximum Gasteiger partial charge on any atom is 0.0440 e. The molecule has 2 aromatic carbocycles. The van der Waals surface area contributed by atoms with Gasteiger partial charge in [-0.15, -0.1) is 0 Å². The summed E-state index contributed by atoms with van der Waals surface area (Å²) in [6.45, 7) is 2.26. The SMILES string of the molecule is C(=C\c1ccccc1)/C=C(\c1ccccc1)N1CCSCC1. The van der Waals surface area contributed by atoms with Crippen LogP contribution in [0.4, 0.5) is 0 Å². The second-order valence-corrected chi connectivity index (χ2v) is 6.51. The normalized spacial score (nSPS) is 16.2. The summed E-state index contributed by atoms with van der Waals surface area (Å²) in [4.78, 5) is 2.50. The van der Waals surface area contributed by atoms with E-state index < -0.39 is 0 Å². The molecule has 0 aliphatic carbocycles. The molecule has 1 aliphatic rings. The van der Waals surface area contributed by atoms with Crippen molar-refractivity contribution in [1.29, 1.82) is 0 Å². The molecule has 0 atom stereocenters. The molecule has 2 aromatic rings. The molecule has 0 spiro atoms. The summed E-state index contributed by atoms with van der Waals surface area (Å²) in [5, 5.41) is 0. The van der Waals surface area contributed by atoms with E-state index in [1.807, 2.05) is 17.8 Å². The topological polar surface area (TPSA) is 3.24 Å². The highest BCUT2D eigenvalue weighted by atomic mass is 32.2. The molecule has 2 heteroatoms. The van der Waals surface area contributed by atoms with Crippen LogP contribution in [0.3, 0.4) is 0 Å². The molecule has 3 rings (SSSR count). The molecular formula is C20H21NS. The Morgan fingerprint density at radius 2 is 1.50 bits per heavy atom. The van der Waals surface area contributed by atoms with Crippen LogP contribution in [-0.2, 0) is 0 Å². The van der Waals surface area contributed by atoms with Crippen LogP contribution in [0.25, 0.3) is 11.8 Å². The first-order valence-corrected chi connectivity index (χ1v) is 8.90. The molecule has 22 heavy (non-hydrogen) atoms. The smallest absolute Gasteiger partial charge is 0.0440 e. The van der Waals surface area contributed by atoms with Gasteiger partial charge in [-0.2, -0.15) is 11.8 Å². The fourth-order valence-electron chi connectivity index (χ4n) is 2.61. The molecule has 0 N–H and O–H groups in total. The molecule has 0 unspecified atom stereocenters. The van der Waals surface area contributed by atoms with Crippen molar-refractivity contribution < 1.29 is 0 Å². The summed E-state index contributed by atoms with van der Waals surface area (Å²) in [5.41, 5.74) is 3.86. The quantitative estimate of drug-likeness (QED) is 0.747. The highest BCUT2D eigenvalue weighted by molar-refractivity contribution is 7.99. The van der Waals surface area contributed by atoms with Crippen molar-refractivity contribution in [1.82, 2.24) is 4.90 Å². The molecule has 1 heterocycles. The molecule has 1 fully saturated rings. The summed E-state index contributed by atoms with van der Waals surface area (Å²) in [5.74, 6) is 2.43.